The monoisotopic (exact) mass is 470 g/mol. The Morgan fingerprint density at radius 2 is 1.88 bits per heavy atom. The van der Waals surface area contributed by atoms with Gasteiger partial charge in [0.2, 0.25) is 0 Å². The summed E-state index contributed by atoms with van der Waals surface area (Å²) in [6.07, 6.45) is 0.780. The largest absolute Gasteiger partial charge is 0.507 e. The Balaban J connectivity index is 1.59. The van der Waals surface area contributed by atoms with Gasteiger partial charge in [-0.1, -0.05) is 6.07 Å². The van der Waals surface area contributed by atoms with Crippen LogP contribution in [0, 0.1) is 0 Å². The molecule has 1 aromatic heterocycles. The second-order valence-corrected chi connectivity index (χ2v) is 9.49. The number of carbonyl (C=O) groups excluding carboxylic acids is 2. The lowest BCUT2D eigenvalue weighted by atomic mass is 10.00. The first-order valence-electron chi connectivity index (χ1n) is 11.3. The van der Waals surface area contributed by atoms with Crippen LogP contribution in [0.4, 0.5) is 0 Å². The fourth-order valence-corrected chi connectivity index (χ4v) is 5.11. The number of ketones is 1. The second kappa shape index (κ2) is 10.5. The third kappa shape index (κ3) is 5.29. The summed E-state index contributed by atoms with van der Waals surface area (Å²) in [5.41, 5.74) is 0.630. The molecule has 0 spiro atoms. The van der Waals surface area contributed by atoms with Crippen molar-refractivity contribution in [2.75, 3.05) is 39.4 Å². The molecule has 176 valence electrons. The summed E-state index contributed by atoms with van der Waals surface area (Å²) in [6, 6.07) is 10.2. The van der Waals surface area contributed by atoms with Crippen LogP contribution in [0.1, 0.15) is 36.8 Å². The maximum Gasteiger partial charge on any atom is 0.295 e. The molecular formula is C25H30N2O5S. The van der Waals surface area contributed by atoms with Gasteiger partial charge in [-0.2, -0.15) is 0 Å². The SMILES string of the molecule is CC(C)Oc1ccc(/C(O)=C2\C(=O)C(=O)N(CCCN3CCOCC3)[C@H]2c2cccs2)cc1. The maximum absolute atomic E-state index is 13.1. The van der Waals surface area contributed by atoms with E-state index in [4.69, 9.17) is 9.47 Å². The van der Waals surface area contributed by atoms with Gasteiger partial charge in [-0.3, -0.25) is 14.5 Å². The van der Waals surface area contributed by atoms with E-state index in [1.54, 1.807) is 29.2 Å². The second-order valence-electron chi connectivity index (χ2n) is 8.51. The zero-order chi connectivity index (χ0) is 23.4. The molecule has 3 heterocycles. The van der Waals surface area contributed by atoms with Crippen molar-refractivity contribution in [2.24, 2.45) is 0 Å². The van der Waals surface area contributed by atoms with E-state index < -0.39 is 17.7 Å². The number of carbonyl (C=O) groups is 2. The van der Waals surface area contributed by atoms with Crippen LogP contribution in [0.3, 0.4) is 0 Å². The van der Waals surface area contributed by atoms with Crippen molar-refractivity contribution >= 4 is 28.8 Å². The molecule has 1 aromatic carbocycles. The van der Waals surface area contributed by atoms with Crippen molar-refractivity contribution in [2.45, 2.75) is 32.4 Å². The van der Waals surface area contributed by atoms with E-state index in [9.17, 15) is 14.7 Å². The van der Waals surface area contributed by atoms with Crippen molar-refractivity contribution in [1.29, 1.82) is 0 Å². The summed E-state index contributed by atoms with van der Waals surface area (Å²) in [6.45, 7) is 8.36. The molecule has 0 bridgehead atoms. The quantitative estimate of drug-likeness (QED) is 0.360. The molecule has 2 aliphatic heterocycles. The lowest BCUT2D eigenvalue weighted by molar-refractivity contribution is -0.140. The average Bonchev–Trinajstić information content (AvgIpc) is 3.42. The predicted molar refractivity (Wildman–Crippen MR) is 127 cm³/mol. The van der Waals surface area contributed by atoms with Gasteiger partial charge in [0.15, 0.2) is 0 Å². The van der Waals surface area contributed by atoms with Gasteiger partial charge in [0.05, 0.1) is 30.9 Å². The summed E-state index contributed by atoms with van der Waals surface area (Å²) in [5, 5.41) is 13.0. The van der Waals surface area contributed by atoms with Crippen LogP contribution in [0.5, 0.6) is 5.75 Å². The minimum atomic E-state index is -0.639. The third-order valence-corrected chi connectivity index (χ3v) is 6.75. The fourth-order valence-electron chi connectivity index (χ4n) is 4.26. The van der Waals surface area contributed by atoms with Crippen molar-refractivity contribution in [3.8, 4) is 5.75 Å². The van der Waals surface area contributed by atoms with Crippen molar-refractivity contribution in [1.82, 2.24) is 9.80 Å². The fraction of sp³-hybridized carbons (Fsp3) is 0.440. The Kier molecular flexibility index (Phi) is 7.47. The Labute approximate surface area is 198 Å². The molecular weight excluding hydrogens is 440 g/mol. The number of aliphatic hydroxyl groups is 1. The van der Waals surface area contributed by atoms with Crippen LogP contribution in [0.2, 0.25) is 0 Å². The molecule has 4 rings (SSSR count). The van der Waals surface area contributed by atoms with E-state index in [1.807, 2.05) is 31.4 Å². The van der Waals surface area contributed by atoms with Gasteiger partial charge in [-0.25, -0.2) is 0 Å². The minimum Gasteiger partial charge on any atom is -0.507 e. The molecule has 0 aliphatic carbocycles. The summed E-state index contributed by atoms with van der Waals surface area (Å²) in [7, 11) is 0. The number of rotatable bonds is 8. The van der Waals surface area contributed by atoms with Crippen LogP contribution in [-0.4, -0.2) is 72.1 Å². The van der Waals surface area contributed by atoms with Gasteiger partial charge in [0.25, 0.3) is 11.7 Å². The van der Waals surface area contributed by atoms with E-state index in [1.165, 1.54) is 11.3 Å². The summed E-state index contributed by atoms with van der Waals surface area (Å²) in [4.78, 5) is 30.8. The van der Waals surface area contributed by atoms with Gasteiger partial charge < -0.3 is 19.5 Å². The van der Waals surface area contributed by atoms with Crippen molar-refractivity contribution in [3.05, 3.63) is 57.8 Å². The van der Waals surface area contributed by atoms with Crippen LogP contribution >= 0.6 is 11.3 Å². The minimum absolute atomic E-state index is 0.0334. The van der Waals surface area contributed by atoms with Gasteiger partial charge in [-0.05, 0) is 56.0 Å². The molecule has 2 aliphatic rings. The number of amides is 1. The molecule has 1 N–H and O–H groups in total. The molecule has 0 saturated carbocycles. The lowest BCUT2D eigenvalue weighted by Crippen LogP contribution is -2.38. The predicted octanol–water partition coefficient (Wildman–Crippen LogP) is 3.68. The lowest BCUT2D eigenvalue weighted by Gasteiger charge is -2.28. The topological polar surface area (TPSA) is 79.3 Å². The van der Waals surface area contributed by atoms with Gasteiger partial charge in [0.1, 0.15) is 11.5 Å². The molecule has 7 nitrogen and oxygen atoms in total. The number of morpholine rings is 1. The zero-order valence-electron chi connectivity index (χ0n) is 19.0. The Morgan fingerprint density at radius 1 is 1.15 bits per heavy atom. The average molecular weight is 471 g/mol. The molecule has 0 unspecified atom stereocenters. The van der Waals surface area contributed by atoms with E-state index in [0.29, 0.717) is 17.9 Å². The molecule has 2 aromatic rings. The Bertz CT molecular complexity index is 994. The van der Waals surface area contributed by atoms with Crippen LogP contribution in [0.25, 0.3) is 5.76 Å². The van der Waals surface area contributed by atoms with Gasteiger partial charge in [0, 0.05) is 36.6 Å². The molecule has 2 fully saturated rings. The third-order valence-electron chi connectivity index (χ3n) is 5.83. The van der Waals surface area contributed by atoms with E-state index >= 15 is 0 Å². The van der Waals surface area contributed by atoms with E-state index in [0.717, 1.165) is 44.1 Å². The smallest absolute Gasteiger partial charge is 0.295 e. The summed E-state index contributed by atoms with van der Waals surface area (Å²) in [5.74, 6) is -0.671. The molecule has 1 atom stereocenters. The van der Waals surface area contributed by atoms with Gasteiger partial charge in [-0.15, -0.1) is 11.3 Å². The van der Waals surface area contributed by atoms with E-state index in [-0.39, 0.29) is 17.4 Å². The zero-order valence-corrected chi connectivity index (χ0v) is 19.8. The first-order valence-corrected chi connectivity index (χ1v) is 12.2. The molecule has 33 heavy (non-hydrogen) atoms. The number of hydrogen-bond donors (Lipinski definition) is 1. The highest BCUT2D eigenvalue weighted by Gasteiger charge is 2.46. The van der Waals surface area contributed by atoms with Crippen molar-refractivity contribution in [3.63, 3.8) is 0 Å². The van der Waals surface area contributed by atoms with Crippen LogP contribution in [-0.2, 0) is 14.3 Å². The normalized spacial score (nSPS) is 21.2. The standard InChI is InChI=1S/C25H30N2O5S/c1-17(2)32-19-8-6-18(7-9-19)23(28)21-22(20-5-3-16-33-20)27(25(30)24(21)29)11-4-10-26-12-14-31-15-13-26/h3,5-9,16-17,22,28H,4,10-15H2,1-2H3/b23-21+/t22-/m0/s1. The summed E-state index contributed by atoms with van der Waals surface area (Å²) < 4.78 is 11.1. The number of hydrogen-bond acceptors (Lipinski definition) is 7. The summed E-state index contributed by atoms with van der Waals surface area (Å²) >= 11 is 1.48. The Hall–Kier alpha value is -2.68. The number of benzene rings is 1. The van der Waals surface area contributed by atoms with Crippen LogP contribution in [0.15, 0.2) is 47.4 Å². The molecule has 8 heteroatoms. The number of likely N-dealkylation sites (tertiary alicyclic amines) is 1. The first-order chi connectivity index (χ1) is 16.0. The van der Waals surface area contributed by atoms with E-state index in [2.05, 4.69) is 4.90 Å². The highest BCUT2D eigenvalue weighted by Crippen LogP contribution is 2.41. The van der Waals surface area contributed by atoms with Crippen molar-refractivity contribution < 1.29 is 24.2 Å². The molecule has 1 amide bonds. The highest BCUT2D eigenvalue weighted by molar-refractivity contribution is 7.10. The first kappa shape index (κ1) is 23.5. The molecule has 0 radical (unpaired) electrons. The maximum atomic E-state index is 13.1. The number of thiophene rings is 1. The number of aliphatic hydroxyl groups excluding tert-OH is 1. The Morgan fingerprint density at radius 3 is 2.52 bits per heavy atom. The highest BCUT2D eigenvalue weighted by atomic mass is 32.1. The number of nitrogens with zero attached hydrogens (tertiary/aromatic N) is 2. The number of ether oxygens (including phenoxy) is 2. The molecule has 2 saturated heterocycles. The number of Topliss-reactive ketones (excluding diaryl/α,β-unsaturated/α-hetero) is 1. The van der Waals surface area contributed by atoms with Gasteiger partial charge >= 0.3 is 0 Å². The van der Waals surface area contributed by atoms with Crippen LogP contribution < -0.4 is 4.74 Å².